The number of benzene rings is 3. The average Bonchev–Trinajstić information content (AvgIpc) is 3.60. The summed E-state index contributed by atoms with van der Waals surface area (Å²) in [5.41, 5.74) is 3.84. The van der Waals surface area contributed by atoms with Crippen molar-refractivity contribution in [1.82, 2.24) is 9.80 Å². The van der Waals surface area contributed by atoms with Gasteiger partial charge >= 0.3 is 5.97 Å². The molecule has 0 aliphatic carbocycles. The lowest BCUT2D eigenvalue weighted by molar-refractivity contribution is -0.122. The van der Waals surface area contributed by atoms with Gasteiger partial charge in [0.15, 0.2) is 11.5 Å². The number of nitrogens with zero attached hydrogens (tertiary/aromatic N) is 2. The number of hydrogen-bond donors (Lipinski definition) is 1. The highest BCUT2D eigenvalue weighted by Gasteiger charge is 2.32. The van der Waals surface area contributed by atoms with Crippen molar-refractivity contribution in [1.29, 1.82) is 0 Å². The number of ether oxygens (including phenoxy) is 4. The van der Waals surface area contributed by atoms with Crippen molar-refractivity contribution in [2.45, 2.75) is 6.42 Å². The molecule has 222 valence electrons. The maximum absolute atomic E-state index is 13.5. The molecule has 3 aromatic rings. The van der Waals surface area contributed by atoms with E-state index in [2.05, 4.69) is 4.90 Å². The third kappa shape index (κ3) is 6.86. The summed E-state index contributed by atoms with van der Waals surface area (Å²) in [6.45, 7) is 5.10. The van der Waals surface area contributed by atoms with Gasteiger partial charge in [-0.15, -0.1) is 0 Å². The first-order valence-electron chi connectivity index (χ1n) is 14.0. The normalized spacial score (nSPS) is 17.6. The molecule has 0 spiro atoms. The van der Waals surface area contributed by atoms with Crippen molar-refractivity contribution in [3.05, 3.63) is 82.3 Å². The molecular weight excluding hydrogens is 588 g/mol. The molecule has 1 amide bonds. The summed E-state index contributed by atoms with van der Waals surface area (Å²) in [5, 5.41) is 9.14. The Bertz CT molecular complexity index is 1570. The molecule has 1 N–H and O–H groups in total. The zero-order chi connectivity index (χ0) is 29.8. The van der Waals surface area contributed by atoms with E-state index in [0.29, 0.717) is 46.0 Å². The molecule has 6 rings (SSSR count). The first kappa shape index (κ1) is 29.2. The van der Waals surface area contributed by atoms with E-state index in [1.165, 1.54) is 11.8 Å². The fourth-order valence-electron chi connectivity index (χ4n) is 5.05. The van der Waals surface area contributed by atoms with E-state index in [9.17, 15) is 9.59 Å². The Morgan fingerprint density at radius 2 is 1.72 bits per heavy atom. The zero-order valence-electron chi connectivity index (χ0n) is 23.3. The van der Waals surface area contributed by atoms with Crippen LogP contribution in [0.1, 0.15) is 21.5 Å². The van der Waals surface area contributed by atoms with Gasteiger partial charge in [0.25, 0.3) is 5.91 Å². The van der Waals surface area contributed by atoms with Gasteiger partial charge in [0.1, 0.15) is 16.7 Å². The second-order valence-electron chi connectivity index (χ2n) is 10.2. The molecule has 0 radical (unpaired) electrons. The third-order valence-electron chi connectivity index (χ3n) is 7.47. The van der Waals surface area contributed by atoms with Gasteiger partial charge in [-0.05, 0) is 65.6 Å². The highest BCUT2D eigenvalue weighted by atomic mass is 32.2. The number of hydrogen-bond acceptors (Lipinski definition) is 9. The fourth-order valence-corrected chi connectivity index (χ4v) is 6.35. The number of carbonyl (C=O) groups excluding carboxylic acids is 1. The molecular formula is C32H30N2O7S2. The lowest BCUT2D eigenvalue weighted by Crippen LogP contribution is -2.38. The molecule has 0 aromatic heterocycles. The van der Waals surface area contributed by atoms with Gasteiger partial charge in [-0.1, -0.05) is 48.2 Å². The van der Waals surface area contributed by atoms with E-state index in [4.69, 9.17) is 36.3 Å². The number of fused-ring (bicyclic) bond motifs is 1. The van der Waals surface area contributed by atoms with Gasteiger partial charge in [0, 0.05) is 31.7 Å². The van der Waals surface area contributed by atoms with Crippen molar-refractivity contribution >= 4 is 46.3 Å². The summed E-state index contributed by atoms with van der Waals surface area (Å²) in [4.78, 5) is 29.1. The zero-order valence-corrected chi connectivity index (χ0v) is 25.0. The van der Waals surface area contributed by atoms with Crippen LogP contribution in [0.5, 0.6) is 17.2 Å². The smallest absolute Gasteiger partial charge is 0.335 e. The Labute approximate surface area is 259 Å². The van der Waals surface area contributed by atoms with Crippen LogP contribution in [0.25, 0.3) is 17.2 Å². The second-order valence-corrected chi connectivity index (χ2v) is 11.9. The predicted octanol–water partition coefficient (Wildman–Crippen LogP) is 4.94. The first-order valence-corrected chi connectivity index (χ1v) is 15.2. The number of thioether (sulfide) groups is 1. The van der Waals surface area contributed by atoms with Crippen LogP contribution in [0, 0.1) is 0 Å². The number of amides is 1. The Balaban J connectivity index is 1.21. The number of carbonyl (C=O) groups is 2. The maximum Gasteiger partial charge on any atom is 0.335 e. The molecule has 3 aromatic carbocycles. The molecule has 43 heavy (non-hydrogen) atoms. The van der Waals surface area contributed by atoms with E-state index >= 15 is 0 Å². The van der Waals surface area contributed by atoms with Crippen molar-refractivity contribution in [3.8, 4) is 28.4 Å². The third-order valence-corrected chi connectivity index (χ3v) is 8.85. The quantitative estimate of drug-likeness (QED) is 0.249. The largest absolute Gasteiger partial charge is 0.492 e. The predicted molar refractivity (Wildman–Crippen MR) is 168 cm³/mol. The first-order chi connectivity index (χ1) is 20.9. The summed E-state index contributed by atoms with van der Waals surface area (Å²) in [5.74, 6) is 0.962. The Kier molecular flexibility index (Phi) is 8.94. The summed E-state index contributed by atoms with van der Waals surface area (Å²) in [6.07, 6.45) is 2.40. The standard InChI is InChI=1S/C32H30N2O7S2/c35-30-29(43-32(42)34(30)10-9-21-1-3-22(4-2-21)31(36)37)19-25-17-23(24-6-8-27-28(18-24)41-20-40-27)5-7-26(25)39-16-13-33-11-14-38-15-12-33/h1-8,17-19H,9-16,20H2,(H,36,37). The number of aromatic carboxylic acids is 1. The molecule has 3 heterocycles. The van der Waals surface area contributed by atoms with Gasteiger partial charge in [0.05, 0.1) is 23.7 Å². The number of carboxylic acid groups (broad SMARTS) is 1. The Hall–Kier alpha value is -3.90. The van der Waals surface area contributed by atoms with E-state index in [1.807, 2.05) is 42.5 Å². The fraction of sp³-hybridized carbons (Fsp3) is 0.281. The minimum absolute atomic E-state index is 0.162. The van der Waals surface area contributed by atoms with Crippen molar-refractivity contribution in [2.75, 3.05) is 52.8 Å². The van der Waals surface area contributed by atoms with Crippen molar-refractivity contribution in [2.24, 2.45) is 0 Å². The van der Waals surface area contributed by atoms with Crippen LogP contribution in [0.15, 0.2) is 65.6 Å². The number of rotatable bonds is 10. The van der Waals surface area contributed by atoms with Crippen LogP contribution < -0.4 is 14.2 Å². The second kappa shape index (κ2) is 13.2. The molecule has 0 saturated carbocycles. The van der Waals surface area contributed by atoms with Gasteiger partial charge < -0.3 is 24.1 Å². The lowest BCUT2D eigenvalue weighted by Gasteiger charge is -2.26. The molecule has 11 heteroatoms. The van der Waals surface area contributed by atoms with Crippen LogP contribution in [-0.4, -0.2) is 83.9 Å². The number of morpholine rings is 1. The minimum Gasteiger partial charge on any atom is -0.492 e. The van der Waals surface area contributed by atoms with Gasteiger partial charge in [-0.25, -0.2) is 4.79 Å². The number of thiocarbonyl (C=S) groups is 1. The molecule has 3 aliphatic heterocycles. The van der Waals surface area contributed by atoms with Crippen molar-refractivity contribution in [3.63, 3.8) is 0 Å². The van der Waals surface area contributed by atoms with E-state index in [-0.39, 0.29) is 18.3 Å². The summed E-state index contributed by atoms with van der Waals surface area (Å²) < 4.78 is 23.2. The van der Waals surface area contributed by atoms with Crippen molar-refractivity contribution < 1.29 is 33.6 Å². The number of carboxylic acids is 1. The lowest BCUT2D eigenvalue weighted by atomic mass is 10.0. The molecule has 2 fully saturated rings. The molecule has 2 saturated heterocycles. The SMILES string of the molecule is O=C(O)c1ccc(CCN2C(=O)C(=Cc3cc(-c4ccc5c(c4)OCO5)ccc3OCCN3CCOCC3)SC2=S)cc1. The Morgan fingerprint density at radius 3 is 2.51 bits per heavy atom. The Morgan fingerprint density at radius 1 is 0.977 bits per heavy atom. The van der Waals surface area contributed by atoms with Gasteiger partial charge in [-0.3, -0.25) is 14.6 Å². The van der Waals surface area contributed by atoms with Gasteiger partial charge in [0.2, 0.25) is 6.79 Å². The highest BCUT2D eigenvalue weighted by molar-refractivity contribution is 8.26. The van der Waals surface area contributed by atoms with Crippen LogP contribution in [0.2, 0.25) is 0 Å². The summed E-state index contributed by atoms with van der Waals surface area (Å²) in [6, 6.07) is 18.4. The highest BCUT2D eigenvalue weighted by Crippen LogP contribution is 2.39. The van der Waals surface area contributed by atoms with Crippen LogP contribution in [0.4, 0.5) is 0 Å². The summed E-state index contributed by atoms with van der Waals surface area (Å²) in [7, 11) is 0. The topological polar surface area (TPSA) is 97.8 Å². The van der Waals surface area contributed by atoms with Gasteiger partial charge in [-0.2, -0.15) is 0 Å². The maximum atomic E-state index is 13.5. The monoisotopic (exact) mass is 618 g/mol. The summed E-state index contributed by atoms with van der Waals surface area (Å²) >= 11 is 6.85. The molecule has 0 atom stereocenters. The van der Waals surface area contributed by atoms with E-state index in [1.54, 1.807) is 29.2 Å². The average molecular weight is 619 g/mol. The van der Waals surface area contributed by atoms with E-state index < -0.39 is 5.97 Å². The molecule has 9 nitrogen and oxygen atoms in total. The van der Waals surface area contributed by atoms with Crippen LogP contribution in [0.3, 0.4) is 0 Å². The molecule has 0 unspecified atom stereocenters. The van der Waals surface area contributed by atoms with Crippen LogP contribution >= 0.6 is 24.0 Å². The molecule has 0 bridgehead atoms. The minimum atomic E-state index is -0.972. The molecule has 3 aliphatic rings. The van der Waals surface area contributed by atoms with Crippen LogP contribution in [-0.2, 0) is 16.0 Å². The van der Waals surface area contributed by atoms with E-state index in [0.717, 1.165) is 55.1 Å².